The van der Waals surface area contributed by atoms with Crippen LogP contribution < -0.4 is 15.8 Å². The predicted molar refractivity (Wildman–Crippen MR) is 174 cm³/mol. The number of aryl methyl sites for hydroxylation is 2. The number of alkyl halides is 3. The summed E-state index contributed by atoms with van der Waals surface area (Å²) in [5, 5.41) is 17.8. The van der Waals surface area contributed by atoms with Crippen molar-refractivity contribution in [2.45, 2.75) is 51.7 Å². The van der Waals surface area contributed by atoms with Crippen LogP contribution in [-0.2, 0) is 15.7 Å². The molecule has 50 heavy (non-hydrogen) atoms. The Hall–Kier alpha value is -5.32. The number of benzene rings is 1. The summed E-state index contributed by atoms with van der Waals surface area (Å²) < 4.78 is 48.3. The number of aromatic nitrogens is 6. The van der Waals surface area contributed by atoms with Gasteiger partial charge < -0.3 is 25.0 Å². The number of carbonyl (C=O) groups excluding carboxylic acids is 2. The number of ether oxygens (including phenoxy) is 1. The number of rotatable bonds is 5. The molecule has 262 valence electrons. The lowest BCUT2D eigenvalue weighted by Crippen LogP contribution is -2.51. The number of piperazine rings is 1. The van der Waals surface area contributed by atoms with Gasteiger partial charge in [-0.05, 0) is 56.0 Å². The lowest BCUT2D eigenvalue weighted by atomic mass is 10.0. The molecule has 1 saturated heterocycles. The van der Waals surface area contributed by atoms with Gasteiger partial charge in [-0.2, -0.15) is 22.7 Å². The van der Waals surface area contributed by atoms with Gasteiger partial charge in [-0.3, -0.25) is 19.0 Å². The Labute approximate surface area is 283 Å². The lowest BCUT2D eigenvalue weighted by Gasteiger charge is -2.36. The van der Waals surface area contributed by atoms with Crippen molar-refractivity contribution in [2.24, 2.45) is 0 Å². The molecular weight excluding hydrogens is 659 g/mol. The number of aromatic hydroxyl groups is 1. The van der Waals surface area contributed by atoms with E-state index >= 15 is 0 Å². The molecule has 1 aromatic carbocycles. The highest BCUT2D eigenvalue weighted by atomic mass is 19.4. The molecule has 4 aromatic rings. The molecule has 2 amide bonds. The topological polar surface area (TPSA) is 160 Å². The van der Waals surface area contributed by atoms with Crippen LogP contribution in [0.15, 0.2) is 35.4 Å². The van der Waals surface area contributed by atoms with Gasteiger partial charge >= 0.3 is 6.18 Å². The second kappa shape index (κ2) is 12.5. The standard InChI is InChI=1S/C33H34F3N9O5/c1-17-14-21(33(34,35)36)4-5-22(17)39-29(47)23-15-18(2)25-26(31(49)45-32(44(23)25)40-28(41-45)20-6-12-50-13-7-20)42-8-10-43(11-9-42)30(48)24-27(46)19(3)37-16-38-24/h4-6,14,16,18,23,46H,7-13,15H2,1-3H3,(H,39,47)/t18-,23-/m1/s1. The van der Waals surface area contributed by atoms with Crippen LogP contribution in [0.25, 0.3) is 11.4 Å². The summed E-state index contributed by atoms with van der Waals surface area (Å²) in [6.07, 6.45) is -0.631. The van der Waals surface area contributed by atoms with E-state index in [0.29, 0.717) is 43.3 Å². The van der Waals surface area contributed by atoms with Crippen LogP contribution >= 0.6 is 0 Å². The van der Waals surface area contributed by atoms with E-state index < -0.39 is 35.2 Å². The Morgan fingerprint density at radius 1 is 1.10 bits per heavy atom. The summed E-state index contributed by atoms with van der Waals surface area (Å²) >= 11 is 0. The van der Waals surface area contributed by atoms with E-state index in [1.165, 1.54) is 23.8 Å². The summed E-state index contributed by atoms with van der Waals surface area (Å²) in [6.45, 7) is 6.78. The van der Waals surface area contributed by atoms with Gasteiger partial charge in [-0.1, -0.05) is 13.0 Å². The third kappa shape index (κ3) is 5.74. The minimum absolute atomic E-state index is 0.100. The number of anilines is 2. The highest BCUT2D eigenvalue weighted by Crippen LogP contribution is 2.42. The zero-order valence-electron chi connectivity index (χ0n) is 27.5. The molecule has 1 fully saturated rings. The van der Waals surface area contributed by atoms with Gasteiger partial charge in [0.05, 0.1) is 30.2 Å². The molecule has 7 rings (SSSR count). The van der Waals surface area contributed by atoms with Gasteiger partial charge in [0.25, 0.3) is 11.5 Å². The zero-order chi connectivity index (χ0) is 35.5. The van der Waals surface area contributed by atoms with Crippen LogP contribution in [0.2, 0.25) is 0 Å². The molecule has 0 radical (unpaired) electrons. The van der Waals surface area contributed by atoms with E-state index in [1.54, 1.807) is 16.4 Å². The highest BCUT2D eigenvalue weighted by Gasteiger charge is 2.41. The van der Waals surface area contributed by atoms with Crippen molar-refractivity contribution < 1.29 is 32.6 Å². The van der Waals surface area contributed by atoms with Crippen molar-refractivity contribution in [3.63, 3.8) is 0 Å². The van der Waals surface area contributed by atoms with Crippen molar-refractivity contribution in [3.8, 4) is 5.75 Å². The van der Waals surface area contributed by atoms with Gasteiger partial charge in [0.2, 0.25) is 11.7 Å². The first-order chi connectivity index (χ1) is 23.8. The average molecular weight is 694 g/mol. The van der Waals surface area contributed by atoms with Crippen molar-refractivity contribution in [1.82, 2.24) is 34.0 Å². The van der Waals surface area contributed by atoms with Gasteiger partial charge in [0.15, 0.2) is 17.3 Å². The smallest absolute Gasteiger partial charge is 0.416 e. The summed E-state index contributed by atoms with van der Waals surface area (Å²) in [6, 6.07) is 2.28. The maximum Gasteiger partial charge on any atom is 0.416 e. The average Bonchev–Trinajstić information content (AvgIpc) is 3.69. The molecule has 17 heteroatoms. The van der Waals surface area contributed by atoms with E-state index in [1.807, 2.05) is 17.9 Å². The SMILES string of the molecule is Cc1cc(C(F)(F)F)ccc1NC(=O)[C@H]1C[C@@H](C)c2c(N3CCN(C(=O)c4ncnc(C)c4O)CC3)c(=O)n3nc(C4=CCOCC4)nc3n21. The van der Waals surface area contributed by atoms with Crippen molar-refractivity contribution in [1.29, 1.82) is 0 Å². The number of nitrogens with one attached hydrogen (secondary N) is 1. The summed E-state index contributed by atoms with van der Waals surface area (Å²) in [5.41, 5.74) is 1.14. The Kier molecular flexibility index (Phi) is 8.32. The fourth-order valence-electron chi connectivity index (χ4n) is 6.85. The summed E-state index contributed by atoms with van der Waals surface area (Å²) in [4.78, 5) is 57.6. The molecule has 0 saturated carbocycles. The third-order valence-electron chi connectivity index (χ3n) is 9.51. The zero-order valence-corrected chi connectivity index (χ0v) is 27.5. The van der Waals surface area contributed by atoms with Crippen LogP contribution in [0.3, 0.4) is 0 Å². The highest BCUT2D eigenvalue weighted by molar-refractivity contribution is 5.96. The number of hydrogen-bond acceptors (Lipinski definition) is 10. The van der Waals surface area contributed by atoms with Crippen molar-refractivity contribution >= 4 is 34.5 Å². The van der Waals surface area contributed by atoms with E-state index in [-0.39, 0.29) is 66.3 Å². The van der Waals surface area contributed by atoms with E-state index in [0.717, 1.165) is 17.7 Å². The Balaban J connectivity index is 1.26. The first-order valence-corrected chi connectivity index (χ1v) is 16.2. The molecule has 2 atom stereocenters. The van der Waals surface area contributed by atoms with E-state index in [4.69, 9.17) is 9.72 Å². The molecular formula is C33H34F3N9O5. The van der Waals surface area contributed by atoms with Crippen LogP contribution in [0.5, 0.6) is 5.75 Å². The predicted octanol–water partition coefficient (Wildman–Crippen LogP) is 3.48. The second-order valence-electron chi connectivity index (χ2n) is 12.7. The normalized spacial score (nSPS) is 19.4. The fourth-order valence-corrected chi connectivity index (χ4v) is 6.85. The first-order valence-electron chi connectivity index (χ1n) is 16.2. The summed E-state index contributed by atoms with van der Waals surface area (Å²) in [7, 11) is 0. The van der Waals surface area contributed by atoms with Gasteiger partial charge in [-0.15, -0.1) is 5.10 Å². The molecule has 2 N–H and O–H groups in total. The van der Waals surface area contributed by atoms with Crippen LogP contribution in [0.4, 0.5) is 24.5 Å². The number of halogens is 3. The van der Waals surface area contributed by atoms with Crippen molar-refractivity contribution in [3.05, 3.63) is 75.0 Å². The minimum atomic E-state index is -4.53. The Morgan fingerprint density at radius 3 is 2.54 bits per heavy atom. The van der Waals surface area contributed by atoms with E-state index in [2.05, 4.69) is 20.4 Å². The molecule has 0 aliphatic carbocycles. The lowest BCUT2D eigenvalue weighted by molar-refractivity contribution is -0.137. The van der Waals surface area contributed by atoms with Crippen LogP contribution in [0.1, 0.15) is 70.6 Å². The molecule has 3 aliphatic heterocycles. The summed E-state index contributed by atoms with van der Waals surface area (Å²) in [5.74, 6) is -0.999. The molecule has 14 nitrogen and oxygen atoms in total. The van der Waals surface area contributed by atoms with Gasteiger partial charge in [-0.25, -0.2) is 9.97 Å². The van der Waals surface area contributed by atoms with Crippen molar-refractivity contribution in [2.75, 3.05) is 49.6 Å². The number of fused-ring (bicyclic) bond motifs is 3. The Bertz CT molecular complexity index is 2120. The first kappa shape index (κ1) is 33.2. The van der Waals surface area contributed by atoms with Crippen LogP contribution in [0, 0.1) is 13.8 Å². The molecule has 3 aromatic heterocycles. The minimum Gasteiger partial charge on any atom is -0.504 e. The largest absolute Gasteiger partial charge is 0.504 e. The molecule has 0 spiro atoms. The Morgan fingerprint density at radius 2 is 1.86 bits per heavy atom. The second-order valence-corrected chi connectivity index (χ2v) is 12.7. The number of nitrogens with zero attached hydrogens (tertiary/aromatic N) is 8. The maximum absolute atomic E-state index is 14.3. The number of hydrogen-bond donors (Lipinski definition) is 2. The number of carbonyl (C=O) groups is 2. The van der Waals surface area contributed by atoms with E-state index in [9.17, 15) is 32.7 Å². The maximum atomic E-state index is 14.3. The number of amides is 2. The molecule has 3 aliphatic rings. The third-order valence-corrected chi connectivity index (χ3v) is 9.51. The monoisotopic (exact) mass is 693 g/mol. The van der Waals surface area contributed by atoms with Gasteiger partial charge in [0, 0.05) is 37.8 Å². The molecule has 0 bridgehead atoms. The van der Waals surface area contributed by atoms with Gasteiger partial charge in [0.1, 0.15) is 18.1 Å². The van der Waals surface area contributed by atoms with Crippen LogP contribution in [-0.4, -0.2) is 90.3 Å². The fraction of sp³-hybridized carbons (Fsp3) is 0.424. The quantitative estimate of drug-likeness (QED) is 0.317. The molecule has 6 heterocycles. The molecule has 0 unspecified atom stereocenters.